The molecule has 0 atom stereocenters. The Morgan fingerprint density at radius 2 is 1.74 bits per heavy atom. The van der Waals surface area contributed by atoms with Gasteiger partial charge in [-0.3, -0.25) is 4.79 Å². The summed E-state index contributed by atoms with van der Waals surface area (Å²) in [5.74, 6) is -0.402. The van der Waals surface area contributed by atoms with E-state index in [9.17, 15) is 14.7 Å². The standard InChI is InChI=1S/C27H27ClN2O4/c1-34-21-11-13-24(22(16-21)27(32)33)29-20-9-5-8-19(14-20)26(31)30-25-12-10-18(15-23(25)28)17-6-3-2-4-7-17/h5,8-17,29H,2-4,6-7H2,1H3,(H,30,31)(H,32,33). The molecule has 0 saturated heterocycles. The number of ether oxygens (including phenoxy) is 1. The second-order valence-corrected chi connectivity index (χ2v) is 8.86. The summed E-state index contributed by atoms with van der Waals surface area (Å²) in [5.41, 5.74) is 3.25. The first-order chi connectivity index (χ1) is 16.4. The van der Waals surface area contributed by atoms with Crippen molar-refractivity contribution in [2.24, 2.45) is 0 Å². The molecular formula is C27H27ClN2O4. The number of hydrogen-bond acceptors (Lipinski definition) is 4. The number of rotatable bonds is 7. The zero-order valence-corrected chi connectivity index (χ0v) is 19.7. The van der Waals surface area contributed by atoms with Crippen LogP contribution in [0.2, 0.25) is 5.02 Å². The van der Waals surface area contributed by atoms with Crippen molar-refractivity contribution in [1.82, 2.24) is 0 Å². The average molecular weight is 479 g/mol. The van der Waals surface area contributed by atoms with Crippen LogP contribution >= 0.6 is 11.6 Å². The van der Waals surface area contributed by atoms with Gasteiger partial charge in [0.2, 0.25) is 0 Å². The molecule has 1 amide bonds. The highest BCUT2D eigenvalue weighted by atomic mass is 35.5. The van der Waals surface area contributed by atoms with Gasteiger partial charge in [-0.25, -0.2) is 4.79 Å². The Kier molecular flexibility index (Phi) is 7.38. The Balaban J connectivity index is 1.49. The van der Waals surface area contributed by atoms with E-state index >= 15 is 0 Å². The van der Waals surface area contributed by atoms with E-state index in [1.165, 1.54) is 50.8 Å². The Morgan fingerprint density at radius 3 is 2.44 bits per heavy atom. The van der Waals surface area contributed by atoms with E-state index in [1.54, 1.807) is 36.4 Å². The minimum Gasteiger partial charge on any atom is -0.497 e. The molecule has 1 aliphatic rings. The van der Waals surface area contributed by atoms with Gasteiger partial charge in [-0.2, -0.15) is 0 Å². The van der Waals surface area contributed by atoms with Crippen molar-refractivity contribution in [3.63, 3.8) is 0 Å². The number of hydrogen-bond donors (Lipinski definition) is 3. The maximum Gasteiger partial charge on any atom is 0.337 e. The quantitative estimate of drug-likeness (QED) is 0.337. The highest BCUT2D eigenvalue weighted by Gasteiger charge is 2.18. The molecular weight excluding hydrogens is 452 g/mol. The minimum absolute atomic E-state index is 0.0686. The van der Waals surface area contributed by atoms with Crippen molar-refractivity contribution < 1.29 is 19.4 Å². The van der Waals surface area contributed by atoms with Gasteiger partial charge in [-0.05, 0) is 72.9 Å². The molecule has 0 heterocycles. The molecule has 6 nitrogen and oxygen atoms in total. The summed E-state index contributed by atoms with van der Waals surface area (Å²) >= 11 is 6.50. The third-order valence-corrected chi connectivity index (χ3v) is 6.49. The van der Waals surface area contributed by atoms with E-state index in [4.69, 9.17) is 16.3 Å². The third kappa shape index (κ3) is 5.51. The van der Waals surface area contributed by atoms with Gasteiger partial charge in [0, 0.05) is 11.3 Å². The van der Waals surface area contributed by atoms with Crippen molar-refractivity contribution in [2.75, 3.05) is 17.7 Å². The molecule has 7 heteroatoms. The highest BCUT2D eigenvalue weighted by Crippen LogP contribution is 2.35. The number of carboxylic acid groups (broad SMARTS) is 1. The van der Waals surface area contributed by atoms with Crippen LogP contribution in [0.3, 0.4) is 0 Å². The van der Waals surface area contributed by atoms with Crippen LogP contribution in [0, 0.1) is 0 Å². The number of benzene rings is 3. The van der Waals surface area contributed by atoms with Crippen molar-refractivity contribution in [3.05, 3.63) is 82.4 Å². The smallest absolute Gasteiger partial charge is 0.337 e. The first-order valence-corrected chi connectivity index (χ1v) is 11.7. The molecule has 3 N–H and O–H groups in total. The van der Waals surface area contributed by atoms with E-state index in [2.05, 4.69) is 10.6 Å². The van der Waals surface area contributed by atoms with Crippen LogP contribution in [0.25, 0.3) is 0 Å². The normalized spacial score (nSPS) is 13.8. The van der Waals surface area contributed by atoms with Crippen LogP contribution in [0.4, 0.5) is 17.1 Å². The van der Waals surface area contributed by atoms with E-state index in [-0.39, 0.29) is 11.5 Å². The van der Waals surface area contributed by atoms with Crippen LogP contribution in [0.5, 0.6) is 5.75 Å². The topological polar surface area (TPSA) is 87.7 Å². The van der Waals surface area contributed by atoms with E-state index in [1.807, 2.05) is 18.2 Å². The number of aromatic carboxylic acids is 1. The monoisotopic (exact) mass is 478 g/mol. The predicted octanol–water partition coefficient (Wildman–Crippen LogP) is 7.09. The number of methoxy groups -OCH3 is 1. The lowest BCUT2D eigenvalue weighted by Gasteiger charge is -2.22. The molecule has 3 aromatic rings. The van der Waals surface area contributed by atoms with Crippen molar-refractivity contribution >= 4 is 40.5 Å². The van der Waals surface area contributed by atoms with Gasteiger partial charge < -0.3 is 20.5 Å². The van der Waals surface area contributed by atoms with Crippen LogP contribution < -0.4 is 15.4 Å². The minimum atomic E-state index is -1.08. The number of anilines is 3. The fourth-order valence-electron chi connectivity index (χ4n) is 4.35. The van der Waals surface area contributed by atoms with Crippen LogP contribution in [0.1, 0.15) is 64.3 Å². The number of halogens is 1. The summed E-state index contributed by atoms with van der Waals surface area (Å²) in [4.78, 5) is 24.6. The summed E-state index contributed by atoms with van der Waals surface area (Å²) in [6.45, 7) is 0. The molecule has 0 aliphatic heterocycles. The summed E-state index contributed by atoms with van der Waals surface area (Å²) in [5, 5.41) is 16.0. The molecule has 3 aromatic carbocycles. The molecule has 0 spiro atoms. The SMILES string of the molecule is COc1ccc(Nc2cccc(C(=O)Nc3ccc(C4CCCCC4)cc3Cl)c2)c(C(=O)O)c1. The van der Waals surface area contributed by atoms with E-state index in [0.717, 1.165) is 0 Å². The second kappa shape index (κ2) is 10.6. The molecule has 4 rings (SSSR count). The maximum absolute atomic E-state index is 12.9. The van der Waals surface area contributed by atoms with Crippen molar-refractivity contribution in [2.45, 2.75) is 38.0 Å². The molecule has 1 saturated carbocycles. The summed E-state index contributed by atoms with van der Waals surface area (Å²) in [6, 6.07) is 17.5. The van der Waals surface area contributed by atoms with Gasteiger partial charge in [0.25, 0.3) is 5.91 Å². The number of nitrogens with one attached hydrogen (secondary N) is 2. The van der Waals surface area contributed by atoms with Crippen LogP contribution in [-0.4, -0.2) is 24.1 Å². The number of carbonyl (C=O) groups is 2. The molecule has 1 aliphatic carbocycles. The fourth-order valence-corrected chi connectivity index (χ4v) is 4.58. The zero-order valence-electron chi connectivity index (χ0n) is 18.9. The highest BCUT2D eigenvalue weighted by molar-refractivity contribution is 6.34. The fraction of sp³-hybridized carbons (Fsp3) is 0.259. The zero-order chi connectivity index (χ0) is 24.1. The Labute approximate surface area is 203 Å². The van der Waals surface area contributed by atoms with Crippen molar-refractivity contribution in [3.8, 4) is 5.75 Å². The van der Waals surface area contributed by atoms with Crippen LogP contribution in [-0.2, 0) is 0 Å². The average Bonchev–Trinajstić information content (AvgIpc) is 2.86. The van der Waals surface area contributed by atoms with E-state index < -0.39 is 5.97 Å². The predicted molar refractivity (Wildman–Crippen MR) is 135 cm³/mol. The lowest BCUT2D eigenvalue weighted by molar-refractivity contribution is 0.0697. The third-order valence-electron chi connectivity index (χ3n) is 6.18. The number of amides is 1. The van der Waals surface area contributed by atoms with Gasteiger partial charge >= 0.3 is 5.97 Å². The molecule has 0 unspecified atom stereocenters. The number of carboxylic acids is 1. The lowest BCUT2D eigenvalue weighted by atomic mass is 9.84. The van der Waals surface area contributed by atoms with E-state index in [0.29, 0.717) is 39.3 Å². The van der Waals surface area contributed by atoms with Gasteiger partial charge in [-0.1, -0.05) is 43.0 Å². The summed E-state index contributed by atoms with van der Waals surface area (Å²) < 4.78 is 5.11. The molecule has 0 aromatic heterocycles. The van der Waals surface area contributed by atoms with Gasteiger partial charge in [0.15, 0.2) is 0 Å². The Bertz CT molecular complexity index is 1200. The lowest BCUT2D eigenvalue weighted by Crippen LogP contribution is -2.13. The first kappa shape index (κ1) is 23.6. The first-order valence-electron chi connectivity index (χ1n) is 11.3. The Hall–Kier alpha value is -3.51. The number of carbonyl (C=O) groups excluding carboxylic acids is 1. The van der Waals surface area contributed by atoms with Crippen LogP contribution in [0.15, 0.2) is 60.7 Å². The van der Waals surface area contributed by atoms with Gasteiger partial charge in [0.05, 0.1) is 29.1 Å². The van der Waals surface area contributed by atoms with Gasteiger partial charge in [-0.15, -0.1) is 0 Å². The second-order valence-electron chi connectivity index (χ2n) is 8.45. The largest absolute Gasteiger partial charge is 0.497 e. The van der Waals surface area contributed by atoms with Gasteiger partial charge in [0.1, 0.15) is 5.75 Å². The Morgan fingerprint density at radius 1 is 0.971 bits per heavy atom. The molecule has 1 fully saturated rings. The van der Waals surface area contributed by atoms with Crippen molar-refractivity contribution in [1.29, 1.82) is 0 Å². The maximum atomic E-state index is 12.9. The molecule has 34 heavy (non-hydrogen) atoms. The molecule has 176 valence electrons. The molecule has 0 bridgehead atoms. The summed E-state index contributed by atoms with van der Waals surface area (Å²) in [7, 11) is 1.48. The summed E-state index contributed by atoms with van der Waals surface area (Å²) in [6.07, 6.45) is 6.15. The molecule has 0 radical (unpaired) electrons.